The van der Waals surface area contributed by atoms with Gasteiger partial charge in [-0.25, -0.2) is 4.98 Å². The van der Waals surface area contributed by atoms with Crippen LogP contribution >= 0.6 is 11.3 Å². The van der Waals surface area contributed by atoms with E-state index in [1.165, 1.54) is 11.3 Å². The zero-order valence-electron chi connectivity index (χ0n) is 15.2. The zero-order valence-corrected chi connectivity index (χ0v) is 16.0. The van der Waals surface area contributed by atoms with E-state index in [1.54, 1.807) is 10.5 Å². The molecule has 0 unspecified atom stereocenters. The molecule has 0 saturated carbocycles. The fourth-order valence-electron chi connectivity index (χ4n) is 3.08. The van der Waals surface area contributed by atoms with Crippen molar-refractivity contribution in [2.24, 2.45) is 0 Å². The summed E-state index contributed by atoms with van der Waals surface area (Å²) in [5, 5.41) is 5.38. The predicted octanol–water partition coefficient (Wildman–Crippen LogP) is 4.44. The number of fused-ring (bicyclic) bond motifs is 1. The Bertz CT molecular complexity index is 1130. The second-order valence-electron chi connectivity index (χ2n) is 6.35. The van der Waals surface area contributed by atoms with Crippen LogP contribution in [0.2, 0.25) is 0 Å². The lowest BCUT2D eigenvalue weighted by Gasteiger charge is -2.23. The van der Waals surface area contributed by atoms with Gasteiger partial charge in [-0.1, -0.05) is 30.3 Å². The van der Waals surface area contributed by atoms with Crippen molar-refractivity contribution in [1.82, 2.24) is 9.38 Å². The molecule has 2 aromatic carbocycles. The summed E-state index contributed by atoms with van der Waals surface area (Å²) in [6.07, 6.45) is 0. The van der Waals surface area contributed by atoms with Crippen LogP contribution in [0.15, 0.2) is 70.8 Å². The minimum absolute atomic E-state index is 0.0368. The smallest absolute Gasteiger partial charge is 0.259 e. The molecule has 0 saturated heterocycles. The second kappa shape index (κ2) is 7.25. The zero-order chi connectivity index (χ0) is 18.8. The molecule has 0 spiro atoms. The lowest BCUT2D eigenvalue weighted by atomic mass is 10.2. The Morgan fingerprint density at radius 3 is 2.67 bits per heavy atom. The Kier molecular flexibility index (Phi) is 4.64. The topological polar surface area (TPSA) is 49.6 Å². The van der Waals surface area contributed by atoms with Crippen molar-refractivity contribution in [2.75, 3.05) is 17.3 Å². The van der Waals surface area contributed by atoms with E-state index < -0.39 is 0 Å². The molecule has 0 bridgehead atoms. The summed E-state index contributed by atoms with van der Waals surface area (Å²) in [5.74, 6) is 0. The van der Waals surface area contributed by atoms with Crippen LogP contribution in [0.3, 0.4) is 0 Å². The minimum atomic E-state index is -0.0368. The van der Waals surface area contributed by atoms with Crippen LogP contribution in [-0.4, -0.2) is 16.4 Å². The van der Waals surface area contributed by atoms with Gasteiger partial charge in [0.25, 0.3) is 5.56 Å². The maximum absolute atomic E-state index is 12.3. The average molecular weight is 376 g/mol. The lowest BCUT2D eigenvalue weighted by Crippen LogP contribution is -2.17. The van der Waals surface area contributed by atoms with Crippen molar-refractivity contribution in [2.45, 2.75) is 13.5 Å². The standard InChI is InChI=1S/C21H20N4OS/c1-15-14-27-21-23-16(12-20(26)25(15)21)13-22-18-10-6-7-11-19(18)24(2)17-8-4-3-5-9-17/h3-12,14,22H,13H2,1-2H3. The number of hydrogen-bond donors (Lipinski definition) is 1. The third-order valence-corrected chi connectivity index (χ3v) is 5.44. The first-order valence-electron chi connectivity index (χ1n) is 8.72. The quantitative estimate of drug-likeness (QED) is 0.559. The molecular weight excluding hydrogens is 356 g/mol. The molecule has 5 nitrogen and oxygen atoms in total. The van der Waals surface area contributed by atoms with E-state index in [2.05, 4.69) is 33.4 Å². The van der Waals surface area contributed by atoms with Crippen molar-refractivity contribution in [3.63, 3.8) is 0 Å². The molecule has 27 heavy (non-hydrogen) atoms. The molecule has 2 aromatic heterocycles. The molecule has 0 aliphatic heterocycles. The van der Waals surface area contributed by atoms with Crippen molar-refractivity contribution >= 4 is 33.4 Å². The molecule has 2 heterocycles. The molecule has 4 aromatic rings. The van der Waals surface area contributed by atoms with Crippen LogP contribution in [0.4, 0.5) is 17.1 Å². The van der Waals surface area contributed by atoms with E-state index in [1.807, 2.05) is 55.7 Å². The maximum Gasteiger partial charge on any atom is 0.259 e. The largest absolute Gasteiger partial charge is 0.378 e. The van der Waals surface area contributed by atoms with Crippen LogP contribution in [0.5, 0.6) is 0 Å². The number of nitrogens with one attached hydrogen (secondary N) is 1. The Labute approximate surface area is 161 Å². The number of thiazole rings is 1. The summed E-state index contributed by atoms with van der Waals surface area (Å²) in [6.45, 7) is 2.41. The van der Waals surface area contributed by atoms with Gasteiger partial charge in [-0.05, 0) is 31.2 Å². The fourth-order valence-corrected chi connectivity index (χ4v) is 3.97. The van der Waals surface area contributed by atoms with Crippen molar-refractivity contribution in [1.29, 1.82) is 0 Å². The molecule has 0 fully saturated rings. The summed E-state index contributed by atoms with van der Waals surface area (Å²) < 4.78 is 1.64. The van der Waals surface area contributed by atoms with Gasteiger partial charge in [0.2, 0.25) is 0 Å². The van der Waals surface area contributed by atoms with Gasteiger partial charge in [0.05, 0.1) is 23.6 Å². The fraction of sp³-hybridized carbons (Fsp3) is 0.143. The minimum Gasteiger partial charge on any atom is -0.378 e. The monoisotopic (exact) mass is 376 g/mol. The summed E-state index contributed by atoms with van der Waals surface area (Å²) in [5.41, 5.74) is 4.78. The number of para-hydroxylation sites is 3. The highest BCUT2D eigenvalue weighted by Crippen LogP contribution is 2.30. The van der Waals surface area contributed by atoms with Gasteiger partial charge >= 0.3 is 0 Å². The summed E-state index contributed by atoms with van der Waals surface area (Å²) in [7, 11) is 2.04. The number of aromatic nitrogens is 2. The van der Waals surface area contributed by atoms with Crippen molar-refractivity contribution < 1.29 is 0 Å². The van der Waals surface area contributed by atoms with Crippen molar-refractivity contribution in [3.8, 4) is 0 Å². The molecule has 0 aliphatic rings. The number of nitrogens with zero attached hydrogens (tertiary/aromatic N) is 3. The van der Waals surface area contributed by atoms with E-state index in [0.29, 0.717) is 6.54 Å². The SMILES string of the molecule is Cc1csc2nc(CNc3ccccc3N(C)c3ccccc3)cc(=O)n12. The molecule has 136 valence electrons. The van der Waals surface area contributed by atoms with E-state index in [9.17, 15) is 4.79 Å². The first-order valence-corrected chi connectivity index (χ1v) is 9.60. The molecule has 6 heteroatoms. The molecule has 0 amide bonds. The normalized spacial score (nSPS) is 10.9. The van der Waals surface area contributed by atoms with Crippen LogP contribution in [0.25, 0.3) is 4.96 Å². The Morgan fingerprint density at radius 1 is 1.11 bits per heavy atom. The molecule has 0 aliphatic carbocycles. The van der Waals surface area contributed by atoms with Gasteiger partial charge in [-0.2, -0.15) is 0 Å². The van der Waals surface area contributed by atoms with Crippen molar-refractivity contribution in [3.05, 3.63) is 87.8 Å². The number of rotatable bonds is 5. The third-order valence-electron chi connectivity index (χ3n) is 4.50. The molecular formula is C21H20N4OS. The van der Waals surface area contributed by atoms with Gasteiger partial charge in [0.15, 0.2) is 4.96 Å². The Balaban J connectivity index is 1.60. The summed E-state index contributed by atoms with van der Waals surface area (Å²) in [4.78, 5) is 19.8. The molecule has 4 rings (SSSR count). The first kappa shape index (κ1) is 17.3. The number of anilines is 3. The third kappa shape index (κ3) is 3.44. The second-order valence-corrected chi connectivity index (χ2v) is 7.18. The van der Waals surface area contributed by atoms with E-state index in [-0.39, 0.29) is 5.56 Å². The van der Waals surface area contributed by atoms with Gasteiger partial charge < -0.3 is 10.2 Å². The first-order chi connectivity index (χ1) is 13.1. The number of benzene rings is 2. The van der Waals surface area contributed by atoms with Crippen LogP contribution in [-0.2, 0) is 6.54 Å². The van der Waals surface area contributed by atoms with Crippen LogP contribution < -0.4 is 15.8 Å². The van der Waals surface area contributed by atoms with Crippen LogP contribution in [0, 0.1) is 6.92 Å². The summed E-state index contributed by atoms with van der Waals surface area (Å²) in [6, 6.07) is 19.9. The number of aryl methyl sites for hydroxylation is 1. The van der Waals surface area contributed by atoms with E-state index in [4.69, 9.17) is 0 Å². The molecule has 1 N–H and O–H groups in total. The highest BCUT2D eigenvalue weighted by molar-refractivity contribution is 7.15. The highest BCUT2D eigenvalue weighted by Gasteiger charge is 2.10. The van der Waals surface area contributed by atoms with Gasteiger partial charge in [0, 0.05) is 29.9 Å². The van der Waals surface area contributed by atoms with E-state index >= 15 is 0 Å². The van der Waals surface area contributed by atoms with Gasteiger partial charge in [-0.3, -0.25) is 9.20 Å². The highest BCUT2D eigenvalue weighted by atomic mass is 32.1. The average Bonchev–Trinajstić information content (AvgIpc) is 3.08. The lowest BCUT2D eigenvalue weighted by molar-refractivity contribution is 0.965. The summed E-state index contributed by atoms with van der Waals surface area (Å²) >= 11 is 1.49. The molecule has 0 radical (unpaired) electrons. The van der Waals surface area contributed by atoms with Gasteiger partial charge in [-0.15, -0.1) is 11.3 Å². The molecule has 0 atom stereocenters. The van der Waals surface area contributed by atoms with E-state index in [0.717, 1.165) is 33.4 Å². The Hall–Kier alpha value is -3.12. The van der Waals surface area contributed by atoms with Crippen LogP contribution in [0.1, 0.15) is 11.4 Å². The Morgan fingerprint density at radius 2 is 1.85 bits per heavy atom. The predicted molar refractivity (Wildman–Crippen MR) is 112 cm³/mol. The van der Waals surface area contributed by atoms with Gasteiger partial charge in [0.1, 0.15) is 0 Å². The number of hydrogen-bond acceptors (Lipinski definition) is 5. The maximum atomic E-state index is 12.3.